The second-order valence-corrected chi connectivity index (χ2v) is 11.6. The molecule has 1 aromatic carbocycles. The van der Waals surface area contributed by atoms with Crippen molar-refractivity contribution >= 4 is 59.8 Å². The van der Waals surface area contributed by atoms with Gasteiger partial charge in [-0.3, -0.25) is 14.4 Å². The van der Waals surface area contributed by atoms with Crippen LogP contribution >= 0.6 is 0 Å². The van der Waals surface area contributed by atoms with Crippen molar-refractivity contribution in [3.8, 4) is 0 Å². The molecule has 330 valence electrons. The van der Waals surface area contributed by atoms with Gasteiger partial charge in [0.05, 0.1) is 25.9 Å². The summed E-state index contributed by atoms with van der Waals surface area (Å²) < 4.78 is 23.3. The largest absolute Gasteiger partial charge is 0.481 e. The number of carboxylic acid groups (broad SMARTS) is 5. The molecular formula is C41H52O19. The first kappa shape index (κ1) is 55.2. The molecule has 19 nitrogen and oxygen atoms in total. The highest BCUT2D eigenvalue weighted by Gasteiger charge is 2.15. The lowest BCUT2D eigenvalue weighted by Crippen LogP contribution is -2.12. The topological polar surface area (TPSA) is 301 Å². The fourth-order valence-corrected chi connectivity index (χ4v) is 3.96. The van der Waals surface area contributed by atoms with E-state index in [9.17, 15) is 43.2 Å². The standard InChI is InChI=1S/C12H12O4.C10H14O4.C9H12O4.C7H10O5.C3H4O2/c13-11(14)8-9-16-12(15)7-6-10-4-2-1-3-5-10;11-9(12)6-7-14-10(13)8-4-2-1-3-5-8;10-8(11)5-6-13-9(12)7-3-1-2-4-7;1-2-7(10)12-4-3-11-5-6(8)9;1-2-3(4)5/h1-7H,8-9H2,(H,13,14);4H,1-3,5-7H2,(H,11,12);3H,1-2,4-6H2,(H,10,11);2H,1,3-5H2,(H,8,9);2H,1H2,(H,4,5)/b7-6+;;;;. The third-order valence-electron chi connectivity index (χ3n) is 6.77. The van der Waals surface area contributed by atoms with Gasteiger partial charge in [-0.05, 0) is 56.6 Å². The van der Waals surface area contributed by atoms with Gasteiger partial charge in [-0.25, -0.2) is 28.8 Å². The molecule has 0 aliphatic heterocycles. The number of esters is 4. The van der Waals surface area contributed by atoms with E-state index in [1.54, 1.807) is 6.08 Å². The van der Waals surface area contributed by atoms with E-state index in [0.717, 1.165) is 62.7 Å². The van der Waals surface area contributed by atoms with Gasteiger partial charge in [0.25, 0.3) is 0 Å². The van der Waals surface area contributed by atoms with Crippen molar-refractivity contribution < 1.29 is 92.4 Å². The molecule has 2 aliphatic carbocycles. The molecule has 0 heterocycles. The van der Waals surface area contributed by atoms with Crippen LogP contribution in [-0.2, 0) is 66.8 Å². The summed E-state index contributed by atoms with van der Waals surface area (Å²) >= 11 is 0. The minimum Gasteiger partial charge on any atom is -0.481 e. The Labute approximate surface area is 346 Å². The normalized spacial score (nSPS) is 12.1. The number of carbonyl (C=O) groups excluding carboxylic acids is 4. The van der Waals surface area contributed by atoms with Gasteiger partial charge in [0.1, 0.15) is 33.0 Å². The first-order valence-electron chi connectivity index (χ1n) is 18.2. The predicted octanol–water partition coefficient (Wildman–Crippen LogP) is 4.41. The molecule has 1 aromatic rings. The molecule has 2 aliphatic rings. The molecule has 0 unspecified atom stereocenters. The average Bonchev–Trinajstić information content (AvgIpc) is 3.77. The van der Waals surface area contributed by atoms with Crippen molar-refractivity contribution in [1.29, 1.82) is 0 Å². The Balaban J connectivity index is 0. The van der Waals surface area contributed by atoms with E-state index in [0.29, 0.717) is 11.1 Å². The van der Waals surface area contributed by atoms with Crippen LogP contribution in [0.3, 0.4) is 0 Å². The van der Waals surface area contributed by atoms with Crippen LogP contribution < -0.4 is 0 Å². The number of carboxylic acids is 5. The Morgan fingerprint density at radius 3 is 1.42 bits per heavy atom. The lowest BCUT2D eigenvalue weighted by atomic mass is 10.00. The van der Waals surface area contributed by atoms with Crippen LogP contribution in [0.2, 0.25) is 0 Å². The Kier molecular flexibility index (Phi) is 33.5. The molecule has 0 radical (unpaired) electrons. The summed E-state index contributed by atoms with van der Waals surface area (Å²) in [5.41, 5.74) is 2.27. The molecular weight excluding hydrogens is 796 g/mol. The second kappa shape index (κ2) is 36.5. The average molecular weight is 849 g/mol. The summed E-state index contributed by atoms with van der Waals surface area (Å²) in [6, 6.07) is 9.29. The van der Waals surface area contributed by atoms with Crippen molar-refractivity contribution in [3.63, 3.8) is 0 Å². The summed E-state index contributed by atoms with van der Waals surface area (Å²) in [5.74, 6) is -6.72. The number of rotatable bonds is 20. The molecule has 0 atom stereocenters. The minimum atomic E-state index is -1.05. The summed E-state index contributed by atoms with van der Waals surface area (Å²) in [7, 11) is 0. The number of ether oxygens (including phenoxy) is 5. The zero-order valence-electron chi connectivity index (χ0n) is 33.0. The van der Waals surface area contributed by atoms with Gasteiger partial charge < -0.3 is 49.2 Å². The monoisotopic (exact) mass is 848 g/mol. The molecule has 0 saturated carbocycles. The Morgan fingerprint density at radius 1 is 0.550 bits per heavy atom. The van der Waals surface area contributed by atoms with Gasteiger partial charge >= 0.3 is 53.7 Å². The van der Waals surface area contributed by atoms with Crippen LogP contribution in [0.5, 0.6) is 0 Å². The maximum Gasteiger partial charge on any atom is 0.333 e. The third kappa shape index (κ3) is 36.7. The van der Waals surface area contributed by atoms with Crippen molar-refractivity contribution in [2.45, 2.75) is 64.2 Å². The smallest absolute Gasteiger partial charge is 0.333 e. The lowest BCUT2D eigenvalue weighted by Gasteiger charge is -2.11. The highest BCUT2D eigenvalue weighted by Crippen LogP contribution is 2.19. The SMILES string of the molecule is C=CC(=O)O.C=CC(=O)OCCOCC(=O)O.O=C(O)CCOC(=O)/C=C/c1ccccc1.O=C(O)CCOC(=O)C1=CCCC1.O=C(O)CCOC(=O)C1=CCCCC1. The predicted molar refractivity (Wildman–Crippen MR) is 211 cm³/mol. The molecule has 0 aromatic heterocycles. The highest BCUT2D eigenvalue weighted by molar-refractivity contribution is 5.89. The van der Waals surface area contributed by atoms with Crippen LogP contribution in [-0.4, -0.2) is 119 Å². The van der Waals surface area contributed by atoms with Gasteiger partial charge in [0.15, 0.2) is 0 Å². The number of carbonyl (C=O) groups is 9. The lowest BCUT2D eigenvalue weighted by molar-refractivity contribution is -0.145. The summed E-state index contributed by atoms with van der Waals surface area (Å²) in [5, 5.41) is 40.7. The third-order valence-corrected chi connectivity index (χ3v) is 6.77. The van der Waals surface area contributed by atoms with E-state index in [2.05, 4.69) is 27.4 Å². The Morgan fingerprint density at radius 2 is 1.02 bits per heavy atom. The molecule has 60 heavy (non-hydrogen) atoms. The fourth-order valence-electron chi connectivity index (χ4n) is 3.96. The van der Waals surface area contributed by atoms with Gasteiger partial charge in [-0.2, -0.15) is 0 Å². The summed E-state index contributed by atoms with van der Waals surface area (Å²) in [6.07, 6.45) is 14.5. The van der Waals surface area contributed by atoms with E-state index in [1.165, 1.54) is 6.08 Å². The highest BCUT2D eigenvalue weighted by atomic mass is 16.6. The molecule has 5 N–H and O–H groups in total. The van der Waals surface area contributed by atoms with Crippen LogP contribution in [0.4, 0.5) is 0 Å². The summed E-state index contributed by atoms with van der Waals surface area (Å²) in [6.45, 7) is 5.69. The quantitative estimate of drug-likeness (QED) is 0.0525. The van der Waals surface area contributed by atoms with Gasteiger partial charge in [-0.1, -0.05) is 55.6 Å². The van der Waals surface area contributed by atoms with E-state index in [-0.39, 0.29) is 70.8 Å². The summed E-state index contributed by atoms with van der Waals surface area (Å²) in [4.78, 5) is 93.5. The number of hydrogen-bond acceptors (Lipinski definition) is 14. The van der Waals surface area contributed by atoms with Gasteiger partial charge in [0.2, 0.25) is 0 Å². The molecule has 0 saturated heterocycles. The zero-order chi connectivity index (χ0) is 45.6. The van der Waals surface area contributed by atoms with Crippen molar-refractivity contribution in [2.75, 3.05) is 39.6 Å². The fraction of sp³-hybridized carbons (Fsp3) is 0.390. The second-order valence-electron chi connectivity index (χ2n) is 11.6. The molecule has 0 spiro atoms. The van der Waals surface area contributed by atoms with Gasteiger partial charge in [0, 0.05) is 29.4 Å². The van der Waals surface area contributed by atoms with E-state index < -0.39 is 41.8 Å². The van der Waals surface area contributed by atoms with E-state index >= 15 is 0 Å². The maximum atomic E-state index is 11.3. The maximum absolute atomic E-state index is 11.3. The number of benzene rings is 1. The number of aliphatic carboxylic acids is 5. The molecule has 3 rings (SSSR count). The van der Waals surface area contributed by atoms with Gasteiger partial charge in [-0.15, -0.1) is 0 Å². The van der Waals surface area contributed by atoms with Crippen LogP contribution in [0, 0.1) is 0 Å². The van der Waals surface area contributed by atoms with Crippen molar-refractivity contribution in [2.24, 2.45) is 0 Å². The first-order chi connectivity index (χ1) is 28.5. The van der Waals surface area contributed by atoms with Crippen LogP contribution in [0.25, 0.3) is 6.08 Å². The molecule has 0 amide bonds. The zero-order valence-corrected chi connectivity index (χ0v) is 33.0. The van der Waals surface area contributed by atoms with Crippen LogP contribution in [0.1, 0.15) is 69.8 Å². The van der Waals surface area contributed by atoms with E-state index in [4.69, 9.17) is 35.0 Å². The number of hydrogen-bond donors (Lipinski definition) is 5. The number of allylic oxidation sites excluding steroid dienone is 2. The van der Waals surface area contributed by atoms with Crippen molar-refractivity contribution in [1.82, 2.24) is 0 Å². The molecule has 0 fully saturated rings. The first-order valence-corrected chi connectivity index (χ1v) is 18.2. The van der Waals surface area contributed by atoms with Crippen LogP contribution in [0.15, 0.2) is 85.0 Å². The van der Waals surface area contributed by atoms with E-state index in [1.807, 2.05) is 42.5 Å². The Bertz CT molecular complexity index is 1640. The van der Waals surface area contributed by atoms with Crippen molar-refractivity contribution in [3.05, 3.63) is 90.6 Å². The Hall–Kier alpha value is -6.89. The molecule has 0 bridgehead atoms. The minimum absolute atomic E-state index is 0.0362. The molecule has 19 heteroatoms.